The van der Waals surface area contributed by atoms with E-state index in [-0.39, 0.29) is 16.8 Å². The molecule has 0 unspecified atom stereocenters. The van der Waals surface area contributed by atoms with Crippen molar-refractivity contribution in [2.24, 2.45) is 7.05 Å². The molecule has 1 amide bonds. The molecular formula is C18H13F4N3O. The Morgan fingerprint density at radius 2 is 1.85 bits per heavy atom. The van der Waals surface area contributed by atoms with Crippen molar-refractivity contribution < 1.29 is 22.4 Å². The first-order valence-corrected chi connectivity index (χ1v) is 7.54. The molecule has 134 valence electrons. The number of carbonyl (C=O) groups is 1. The maximum atomic E-state index is 14.1. The number of carbonyl (C=O) groups excluding carboxylic acids is 1. The van der Waals surface area contributed by atoms with E-state index >= 15 is 0 Å². The lowest BCUT2D eigenvalue weighted by Crippen LogP contribution is -2.14. The van der Waals surface area contributed by atoms with Gasteiger partial charge in [0, 0.05) is 36.1 Å². The monoisotopic (exact) mass is 363 g/mol. The molecule has 0 atom stereocenters. The predicted molar refractivity (Wildman–Crippen MR) is 87.9 cm³/mol. The molecule has 1 N–H and O–H groups in total. The average molecular weight is 363 g/mol. The van der Waals surface area contributed by atoms with Crippen molar-refractivity contribution >= 4 is 11.6 Å². The van der Waals surface area contributed by atoms with Gasteiger partial charge in [-0.3, -0.25) is 9.48 Å². The van der Waals surface area contributed by atoms with Crippen LogP contribution in [0.2, 0.25) is 0 Å². The van der Waals surface area contributed by atoms with Gasteiger partial charge in [0.15, 0.2) is 0 Å². The molecule has 2 aromatic carbocycles. The highest BCUT2D eigenvalue weighted by molar-refractivity contribution is 6.06. The van der Waals surface area contributed by atoms with E-state index in [9.17, 15) is 22.4 Å². The van der Waals surface area contributed by atoms with Gasteiger partial charge in [0.2, 0.25) is 0 Å². The molecule has 0 aliphatic heterocycles. The number of nitrogens with zero attached hydrogens (tertiary/aromatic N) is 2. The lowest BCUT2D eigenvalue weighted by atomic mass is 10.0. The maximum Gasteiger partial charge on any atom is 0.282 e. The summed E-state index contributed by atoms with van der Waals surface area (Å²) in [4.78, 5) is 12.4. The van der Waals surface area contributed by atoms with Gasteiger partial charge in [0.1, 0.15) is 17.3 Å². The van der Waals surface area contributed by atoms with Crippen molar-refractivity contribution in [3.05, 3.63) is 71.6 Å². The van der Waals surface area contributed by atoms with E-state index in [1.165, 1.54) is 31.4 Å². The van der Waals surface area contributed by atoms with Gasteiger partial charge in [-0.25, -0.2) is 17.6 Å². The summed E-state index contributed by atoms with van der Waals surface area (Å²) in [5.74, 6) is -2.34. The number of hydrogen-bond acceptors (Lipinski definition) is 2. The van der Waals surface area contributed by atoms with Crippen molar-refractivity contribution in [2.75, 3.05) is 5.32 Å². The third kappa shape index (κ3) is 3.44. The number of aromatic nitrogens is 2. The molecule has 26 heavy (non-hydrogen) atoms. The van der Waals surface area contributed by atoms with Gasteiger partial charge in [0.25, 0.3) is 12.3 Å². The van der Waals surface area contributed by atoms with Crippen LogP contribution in [0, 0.1) is 11.6 Å². The first-order valence-electron chi connectivity index (χ1n) is 7.54. The number of hydrogen-bond donors (Lipinski definition) is 1. The van der Waals surface area contributed by atoms with Crippen LogP contribution in [0.5, 0.6) is 0 Å². The van der Waals surface area contributed by atoms with E-state index in [2.05, 4.69) is 10.4 Å². The number of anilines is 1. The molecule has 0 bridgehead atoms. The summed E-state index contributed by atoms with van der Waals surface area (Å²) >= 11 is 0. The maximum absolute atomic E-state index is 14.1. The van der Waals surface area contributed by atoms with Crippen LogP contribution in [0.1, 0.15) is 22.5 Å². The van der Waals surface area contributed by atoms with Gasteiger partial charge >= 0.3 is 0 Å². The number of rotatable bonds is 4. The van der Waals surface area contributed by atoms with E-state index in [0.717, 1.165) is 16.8 Å². The van der Waals surface area contributed by atoms with Crippen molar-refractivity contribution in [2.45, 2.75) is 6.43 Å². The lowest BCUT2D eigenvalue weighted by Gasteiger charge is -2.12. The molecule has 4 nitrogen and oxygen atoms in total. The van der Waals surface area contributed by atoms with Crippen molar-refractivity contribution in [3.8, 4) is 11.1 Å². The Kier molecular flexibility index (Phi) is 4.75. The van der Waals surface area contributed by atoms with Crippen LogP contribution in [0.25, 0.3) is 11.1 Å². The summed E-state index contributed by atoms with van der Waals surface area (Å²) in [5, 5.41) is 6.07. The van der Waals surface area contributed by atoms with Gasteiger partial charge in [-0.2, -0.15) is 5.10 Å². The summed E-state index contributed by atoms with van der Waals surface area (Å²) in [6, 6.07) is 9.29. The van der Waals surface area contributed by atoms with Gasteiger partial charge in [-0.15, -0.1) is 0 Å². The number of halogens is 4. The quantitative estimate of drug-likeness (QED) is 0.691. The number of amides is 1. The molecule has 3 aromatic rings. The van der Waals surface area contributed by atoms with Gasteiger partial charge in [-0.05, 0) is 18.2 Å². The second-order valence-electron chi connectivity index (χ2n) is 5.53. The molecule has 0 saturated heterocycles. The molecule has 0 radical (unpaired) electrons. The van der Waals surface area contributed by atoms with E-state index in [1.54, 1.807) is 12.1 Å². The van der Waals surface area contributed by atoms with E-state index in [0.29, 0.717) is 5.56 Å². The topological polar surface area (TPSA) is 46.9 Å². The van der Waals surface area contributed by atoms with Gasteiger partial charge < -0.3 is 5.32 Å². The minimum Gasteiger partial charge on any atom is -0.321 e. The normalized spacial score (nSPS) is 11.0. The third-order valence-electron chi connectivity index (χ3n) is 3.71. The van der Waals surface area contributed by atoms with Crippen LogP contribution in [-0.2, 0) is 7.05 Å². The lowest BCUT2D eigenvalue weighted by molar-refractivity contribution is 0.101. The summed E-state index contributed by atoms with van der Waals surface area (Å²) in [6.07, 6.45) is -1.74. The molecule has 1 heterocycles. The fraction of sp³-hybridized carbons (Fsp3) is 0.111. The van der Waals surface area contributed by atoms with Crippen molar-refractivity contribution in [3.63, 3.8) is 0 Å². The second kappa shape index (κ2) is 6.99. The van der Waals surface area contributed by atoms with Crippen LogP contribution in [-0.4, -0.2) is 15.7 Å². The highest BCUT2D eigenvalue weighted by atomic mass is 19.3. The zero-order valence-corrected chi connectivity index (χ0v) is 13.5. The van der Waals surface area contributed by atoms with Crippen molar-refractivity contribution in [1.29, 1.82) is 0 Å². The zero-order valence-electron chi connectivity index (χ0n) is 13.5. The zero-order chi connectivity index (χ0) is 18.8. The SMILES string of the molecule is Cn1cc(C(=O)Nc2ccccc2-c2ccc(F)cc2F)c(C(F)F)n1. The first kappa shape index (κ1) is 17.7. The molecule has 1 aromatic heterocycles. The predicted octanol–water partition coefficient (Wildman–Crippen LogP) is 4.56. The average Bonchev–Trinajstić information content (AvgIpc) is 2.98. The molecule has 3 rings (SSSR count). The Hall–Kier alpha value is -3.16. The fourth-order valence-electron chi connectivity index (χ4n) is 2.57. The highest BCUT2D eigenvalue weighted by Crippen LogP contribution is 2.31. The number of benzene rings is 2. The van der Waals surface area contributed by atoms with Gasteiger partial charge in [0.05, 0.1) is 5.56 Å². The molecule has 0 fully saturated rings. The molecule has 0 aliphatic carbocycles. The Bertz CT molecular complexity index is 969. The molecule has 0 aliphatic rings. The standard InChI is InChI=1S/C18H13F4N3O/c1-25-9-13(16(24-25)17(21)22)18(26)23-15-5-3-2-4-12(15)11-7-6-10(19)8-14(11)20/h2-9,17H,1H3,(H,23,26). The van der Waals surface area contributed by atoms with Crippen LogP contribution >= 0.6 is 0 Å². The Morgan fingerprint density at radius 1 is 1.12 bits per heavy atom. The Balaban J connectivity index is 1.98. The fourth-order valence-corrected chi connectivity index (χ4v) is 2.57. The van der Waals surface area contributed by atoms with Crippen LogP contribution in [0.3, 0.4) is 0 Å². The van der Waals surface area contributed by atoms with Crippen LogP contribution in [0.4, 0.5) is 23.2 Å². The minimum atomic E-state index is -2.92. The summed E-state index contributed by atoms with van der Waals surface area (Å²) < 4.78 is 54.4. The number of alkyl halides is 2. The highest BCUT2D eigenvalue weighted by Gasteiger charge is 2.23. The van der Waals surface area contributed by atoms with Crippen LogP contribution < -0.4 is 5.32 Å². The summed E-state index contributed by atoms with van der Waals surface area (Å²) in [6.45, 7) is 0. The second-order valence-corrected chi connectivity index (χ2v) is 5.53. The minimum absolute atomic E-state index is 0.0718. The largest absolute Gasteiger partial charge is 0.321 e. The Labute approximate surface area is 146 Å². The van der Waals surface area contributed by atoms with E-state index in [1.807, 2.05) is 0 Å². The number of aryl methyl sites for hydroxylation is 1. The number of para-hydroxylation sites is 1. The van der Waals surface area contributed by atoms with Crippen LogP contribution in [0.15, 0.2) is 48.7 Å². The van der Waals surface area contributed by atoms with Gasteiger partial charge in [-0.1, -0.05) is 18.2 Å². The Morgan fingerprint density at radius 3 is 2.54 bits per heavy atom. The van der Waals surface area contributed by atoms with E-state index in [4.69, 9.17) is 0 Å². The molecule has 0 saturated carbocycles. The van der Waals surface area contributed by atoms with Crippen molar-refractivity contribution in [1.82, 2.24) is 9.78 Å². The van der Waals surface area contributed by atoms with E-state index < -0.39 is 29.7 Å². The first-order chi connectivity index (χ1) is 12.4. The molecule has 8 heteroatoms. The third-order valence-corrected chi connectivity index (χ3v) is 3.71. The molecule has 0 spiro atoms. The smallest absolute Gasteiger partial charge is 0.282 e. The summed E-state index contributed by atoms with van der Waals surface area (Å²) in [7, 11) is 1.42. The molecular weight excluding hydrogens is 350 g/mol. The number of nitrogens with one attached hydrogen (secondary N) is 1. The summed E-state index contributed by atoms with van der Waals surface area (Å²) in [5.41, 5.74) is -0.359.